The number of aromatic nitrogens is 4. The van der Waals surface area contributed by atoms with E-state index in [-0.39, 0.29) is 5.56 Å². The highest BCUT2D eigenvalue weighted by Crippen LogP contribution is 2.26. The molecule has 0 saturated carbocycles. The van der Waals surface area contributed by atoms with Crippen LogP contribution in [0.3, 0.4) is 0 Å². The lowest BCUT2D eigenvalue weighted by Gasteiger charge is -2.16. The summed E-state index contributed by atoms with van der Waals surface area (Å²) < 4.78 is 12.2. The number of carbonyl (C=O) groups is 1. The van der Waals surface area contributed by atoms with Gasteiger partial charge in [0, 0.05) is 47.1 Å². The molecular formula is C31H32N6O5. The second-order valence-corrected chi connectivity index (χ2v) is 9.74. The van der Waals surface area contributed by atoms with Gasteiger partial charge in [-0.25, -0.2) is 9.55 Å². The maximum absolute atomic E-state index is 14.0. The van der Waals surface area contributed by atoms with Crippen molar-refractivity contribution in [2.45, 2.75) is 45.8 Å². The summed E-state index contributed by atoms with van der Waals surface area (Å²) in [6.45, 7) is 3.90. The van der Waals surface area contributed by atoms with Gasteiger partial charge in [-0.3, -0.25) is 14.6 Å². The van der Waals surface area contributed by atoms with E-state index in [2.05, 4.69) is 22.4 Å². The van der Waals surface area contributed by atoms with Crippen molar-refractivity contribution in [3.8, 4) is 28.6 Å². The first kappa shape index (κ1) is 28.5. The van der Waals surface area contributed by atoms with Crippen molar-refractivity contribution in [1.82, 2.24) is 24.8 Å². The average Bonchev–Trinajstić information content (AvgIpc) is 3.51. The topological polar surface area (TPSA) is 130 Å². The zero-order valence-corrected chi connectivity index (χ0v) is 24.0. The number of nitrogens with one attached hydrogen (secondary N) is 1. The number of pyridine rings is 2. The van der Waals surface area contributed by atoms with Crippen LogP contribution in [-0.2, 0) is 22.5 Å². The molecule has 1 aliphatic heterocycles. The van der Waals surface area contributed by atoms with Crippen LogP contribution in [0.2, 0.25) is 0 Å². The van der Waals surface area contributed by atoms with Crippen LogP contribution in [0.1, 0.15) is 48.1 Å². The van der Waals surface area contributed by atoms with Crippen LogP contribution < -0.4 is 20.3 Å². The lowest BCUT2D eigenvalue weighted by Crippen LogP contribution is -2.31. The number of nitrogens with zero attached hydrogens (tertiary/aromatic N) is 5. The first-order valence-corrected chi connectivity index (χ1v) is 13.7. The number of ether oxygens (including phenoxy) is 2. The Morgan fingerprint density at radius 3 is 2.55 bits per heavy atom. The van der Waals surface area contributed by atoms with Gasteiger partial charge in [0.05, 0.1) is 19.9 Å². The van der Waals surface area contributed by atoms with E-state index in [0.717, 1.165) is 40.9 Å². The quantitative estimate of drug-likeness (QED) is 0.269. The Kier molecular flexibility index (Phi) is 8.56. The molecule has 0 fully saturated rings. The highest BCUT2D eigenvalue weighted by atomic mass is 16.7. The summed E-state index contributed by atoms with van der Waals surface area (Å²) in [5.74, 6) is 2.22. The maximum atomic E-state index is 14.0. The molecule has 42 heavy (non-hydrogen) atoms. The highest BCUT2D eigenvalue weighted by Gasteiger charge is 2.23. The number of methoxy groups -OCH3 is 2. The molecule has 4 aromatic rings. The van der Waals surface area contributed by atoms with Gasteiger partial charge < -0.3 is 19.6 Å². The Labute approximate surface area is 243 Å². The van der Waals surface area contributed by atoms with Crippen LogP contribution >= 0.6 is 0 Å². The smallest absolute Gasteiger partial charge is 0.263 e. The summed E-state index contributed by atoms with van der Waals surface area (Å²) in [6.07, 6.45) is 4.48. The number of unbranched alkanes of at least 4 members (excludes halogenated alkanes) is 1. The largest absolute Gasteiger partial charge is 0.496 e. The first-order chi connectivity index (χ1) is 20.4. The Hall–Kier alpha value is -5.06. The normalized spacial score (nSPS) is 14.1. The molecule has 11 nitrogen and oxygen atoms in total. The van der Waals surface area contributed by atoms with Crippen molar-refractivity contribution in [3.63, 3.8) is 0 Å². The van der Waals surface area contributed by atoms with Crippen molar-refractivity contribution in [3.05, 3.63) is 93.4 Å². The molecule has 1 aromatic carbocycles. The number of aryl methyl sites for hydroxylation is 2. The van der Waals surface area contributed by atoms with Crippen LogP contribution in [0, 0.1) is 6.92 Å². The highest BCUT2D eigenvalue weighted by molar-refractivity contribution is 6.05. The van der Waals surface area contributed by atoms with E-state index in [0.29, 0.717) is 53.8 Å². The van der Waals surface area contributed by atoms with Crippen LogP contribution in [0.25, 0.3) is 16.9 Å². The molecule has 216 valence electrons. The number of benzene rings is 1. The minimum absolute atomic E-state index is 0.206. The molecule has 11 heteroatoms. The number of oxime groups is 1. The van der Waals surface area contributed by atoms with E-state index in [1.165, 1.54) is 11.7 Å². The van der Waals surface area contributed by atoms with E-state index in [9.17, 15) is 9.59 Å². The Balaban J connectivity index is 1.51. The molecular weight excluding hydrogens is 536 g/mol. The molecule has 1 unspecified atom stereocenters. The zero-order chi connectivity index (χ0) is 29.6. The third kappa shape index (κ3) is 5.85. The van der Waals surface area contributed by atoms with Crippen molar-refractivity contribution >= 4 is 12.1 Å². The van der Waals surface area contributed by atoms with E-state index < -0.39 is 6.23 Å². The SMILES string of the molecule is CCCCc1nc(C)n(-c2cc(OC)cc(OC)n2)c(=O)c1Cc1ccc(-c2ccccc2C2=NOC(C=O)N2)cn1. The van der Waals surface area contributed by atoms with Gasteiger partial charge >= 0.3 is 0 Å². The van der Waals surface area contributed by atoms with Crippen LogP contribution in [0.15, 0.2) is 64.7 Å². The molecule has 0 saturated heterocycles. The van der Waals surface area contributed by atoms with Gasteiger partial charge in [0.25, 0.3) is 11.8 Å². The molecule has 0 aliphatic carbocycles. The van der Waals surface area contributed by atoms with Crippen LogP contribution in [0.4, 0.5) is 0 Å². The van der Waals surface area contributed by atoms with E-state index in [1.54, 1.807) is 32.4 Å². The number of hydrogen-bond donors (Lipinski definition) is 1. The molecule has 0 amide bonds. The lowest BCUT2D eigenvalue weighted by atomic mass is 9.99. The van der Waals surface area contributed by atoms with E-state index >= 15 is 0 Å². The molecule has 1 aliphatic rings. The van der Waals surface area contributed by atoms with Gasteiger partial charge in [-0.1, -0.05) is 48.8 Å². The minimum Gasteiger partial charge on any atom is -0.496 e. The fourth-order valence-corrected chi connectivity index (χ4v) is 4.82. The van der Waals surface area contributed by atoms with Crippen molar-refractivity contribution in [2.75, 3.05) is 14.2 Å². The fraction of sp³-hybridized carbons (Fsp3) is 0.290. The van der Waals surface area contributed by atoms with Crippen LogP contribution in [-0.4, -0.2) is 52.1 Å². The van der Waals surface area contributed by atoms with Crippen molar-refractivity contribution in [2.24, 2.45) is 5.16 Å². The van der Waals surface area contributed by atoms with Gasteiger partial charge in [-0.15, -0.1) is 0 Å². The van der Waals surface area contributed by atoms with Gasteiger partial charge in [0.2, 0.25) is 5.88 Å². The standard InChI is InChI=1S/C31H32N6O5/c1-5-6-11-26-25(31(39)37(19(2)33-26)27-15-22(40-3)16-28(34-27)41-4)14-21-13-12-20(17-32-21)23-9-7-8-10-24(23)30-35-29(18-38)42-36-30/h7-10,12-13,15-18,29H,5-6,11,14H2,1-4H3,(H,35,36). The number of rotatable bonds is 11. The number of amidine groups is 1. The summed E-state index contributed by atoms with van der Waals surface area (Å²) in [6, 6.07) is 14.8. The van der Waals surface area contributed by atoms with E-state index in [1.807, 2.05) is 36.4 Å². The summed E-state index contributed by atoms with van der Waals surface area (Å²) >= 11 is 0. The summed E-state index contributed by atoms with van der Waals surface area (Å²) in [7, 11) is 3.06. The molecule has 4 heterocycles. The summed E-state index contributed by atoms with van der Waals surface area (Å²) in [4.78, 5) is 44.3. The van der Waals surface area contributed by atoms with Crippen molar-refractivity contribution < 1.29 is 19.1 Å². The van der Waals surface area contributed by atoms with Gasteiger partial charge in [0.1, 0.15) is 17.4 Å². The number of aldehydes is 1. The molecule has 0 radical (unpaired) electrons. The molecule has 3 aromatic heterocycles. The Morgan fingerprint density at radius 2 is 1.88 bits per heavy atom. The molecule has 1 N–H and O–H groups in total. The second-order valence-electron chi connectivity index (χ2n) is 9.74. The molecule has 1 atom stereocenters. The van der Waals surface area contributed by atoms with Gasteiger partial charge in [-0.05, 0) is 31.4 Å². The van der Waals surface area contributed by atoms with Gasteiger partial charge in [-0.2, -0.15) is 4.98 Å². The maximum Gasteiger partial charge on any atom is 0.263 e. The molecule has 0 bridgehead atoms. The fourth-order valence-electron chi connectivity index (χ4n) is 4.82. The number of hydrogen-bond acceptors (Lipinski definition) is 10. The third-order valence-corrected chi connectivity index (χ3v) is 6.97. The predicted molar refractivity (Wildman–Crippen MR) is 157 cm³/mol. The summed E-state index contributed by atoms with van der Waals surface area (Å²) in [5.41, 5.74) is 4.36. The van der Waals surface area contributed by atoms with Gasteiger partial charge in [0.15, 0.2) is 12.1 Å². The zero-order valence-electron chi connectivity index (χ0n) is 24.0. The third-order valence-electron chi connectivity index (χ3n) is 6.97. The first-order valence-electron chi connectivity index (χ1n) is 13.7. The van der Waals surface area contributed by atoms with Crippen molar-refractivity contribution in [1.29, 1.82) is 0 Å². The number of carbonyl (C=O) groups excluding carboxylic acids is 1. The Morgan fingerprint density at radius 1 is 1.07 bits per heavy atom. The molecule has 0 spiro atoms. The summed E-state index contributed by atoms with van der Waals surface area (Å²) in [5, 5.41) is 6.97. The Bertz CT molecular complexity index is 1660. The van der Waals surface area contributed by atoms with Crippen LogP contribution in [0.5, 0.6) is 11.6 Å². The van der Waals surface area contributed by atoms with E-state index in [4.69, 9.17) is 24.3 Å². The minimum atomic E-state index is -0.809. The second kappa shape index (κ2) is 12.6. The lowest BCUT2D eigenvalue weighted by molar-refractivity contribution is -0.117. The predicted octanol–water partition coefficient (Wildman–Crippen LogP) is 3.75. The molecule has 5 rings (SSSR count). The monoisotopic (exact) mass is 568 g/mol. The average molecular weight is 569 g/mol.